The van der Waals surface area contributed by atoms with Crippen LogP contribution < -0.4 is 5.73 Å². The SMILES string of the molecule is C=C(N)C1=C(C)CC(CC)C(/C(C)=C2/C(=C)c3c(C)c(CC)cc(C)c3CC2C)C1=C. The molecule has 166 valence electrons. The third-order valence-electron chi connectivity index (χ3n) is 7.94. The lowest BCUT2D eigenvalue weighted by molar-refractivity contribution is 0.389. The summed E-state index contributed by atoms with van der Waals surface area (Å²) in [7, 11) is 0. The molecule has 2 N–H and O–H groups in total. The van der Waals surface area contributed by atoms with Gasteiger partial charge in [0.2, 0.25) is 0 Å². The zero-order valence-electron chi connectivity index (χ0n) is 20.8. The van der Waals surface area contributed by atoms with E-state index in [0.717, 1.165) is 36.8 Å². The zero-order chi connectivity index (χ0) is 23.2. The van der Waals surface area contributed by atoms with Gasteiger partial charge in [-0.3, -0.25) is 0 Å². The molecule has 1 heteroatoms. The molecule has 3 rings (SSSR count). The van der Waals surface area contributed by atoms with Crippen molar-refractivity contribution in [2.24, 2.45) is 23.5 Å². The van der Waals surface area contributed by atoms with Gasteiger partial charge in [-0.25, -0.2) is 0 Å². The first-order valence-corrected chi connectivity index (χ1v) is 11.9. The van der Waals surface area contributed by atoms with E-state index in [2.05, 4.69) is 74.3 Å². The van der Waals surface area contributed by atoms with Gasteiger partial charge in [-0.05, 0) is 109 Å². The smallest absolute Gasteiger partial charge is 0.0316 e. The predicted molar refractivity (Wildman–Crippen MR) is 137 cm³/mol. The van der Waals surface area contributed by atoms with Crippen molar-refractivity contribution < 1.29 is 0 Å². The van der Waals surface area contributed by atoms with Gasteiger partial charge in [-0.15, -0.1) is 0 Å². The molecule has 0 bridgehead atoms. The quantitative estimate of drug-likeness (QED) is 0.534. The van der Waals surface area contributed by atoms with E-state index < -0.39 is 0 Å². The highest BCUT2D eigenvalue weighted by Crippen LogP contribution is 2.49. The zero-order valence-corrected chi connectivity index (χ0v) is 20.8. The van der Waals surface area contributed by atoms with E-state index in [4.69, 9.17) is 5.73 Å². The molecule has 0 amide bonds. The van der Waals surface area contributed by atoms with Gasteiger partial charge >= 0.3 is 0 Å². The van der Waals surface area contributed by atoms with Crippen molar-refractivity contribution in [1.82, 2.24) is 0 Å². The lowest BCUT2D eigenvalue weighted by Gasteiger charge is -2.40. The minimum absolute atomic E-state index is 0.301. The molecule has 0 aromatic heterocycles. The van der Waals surface area contributed by atoms with Crippen molar-refractivity contribution >= 4 is 5.57 Å². The maximum absolute atomic E-state index is 6.22. The first-order chi connectivity index (χ1) is 14.5. The van der Waals surface area contributed by atoms with Crippen molar-refractivity contribution in [2.75, 3.05) is 0 Å². The number of hydrogen-bond acceptors (Lipinski definition) is 1. The van der Waals surface area contributed by atoms with Gasteiger partial charge in [0, 0.05) is 11.6 Å². The van der Waals surface area contributed by atoms with E-state index in [1.54, 1.807) is 0 Å². The largest absolute Gasteiger partial charge is 0.399 e. The third kappa shape index (κ3) is 3.77. The van der Waals surface area contributed by atoms with Crippen LogP contribution in [0.5, 0.6) is 0 Å². The summed E-state index contributed by atoms with van der Waals surface area (Å²) in [5, 5.41) is 0. The van der Waals surface area contributed by atoms with Gasteiger partial charge in [0.25, 0.3) is 0 Å². The van der Waals surface area contributed by atoms with Crippen LogP contribution in [-0.4, -0.2) is 0 Å². The van der Waals surface area contributed by atoms with E-state index in [-0.39, 0.29) is 0 Å². The van der Waals surface area contributed by atoms with E-state index >= 15 is 0 Å². The standard InChI is InChI=1S/C30H41N/c1-11-24-13-16(3)26-15-18(5)27(21(8)30(26)19(24)6)20(7)29-22(9)28(23(10)31)17(4)14-25(29)12-2/h13,18,25,29H,8-12,14-15,31H2,1-7H3/b27-20+. The molecule has 31 heavy (non-hydrogen) atoms. The number of nitrogens with two attached hydrogens (primary N) is 1. The summed E-state index contributed by atoms with van der Waals surface area (Å²) >= 11 is 0. The molecule has 0 fully saturated rings. The molecule has 0 radical (unpaired) electrons. The molecule has 3 unspecified atom stereocenters. The van der Waals surface area contributed by atoms with Crippen LogP contribution in [0.3, 0.4) is 0 Å². The van der Waals surface area contributed by atoms with Gasteiger partial charge in [-0.2, -0.15) is 0 Å². The Bertz CT molecular complexity index is 1030. The molecular formula is C30H41N. The molecule has 2 aliphatic rings. The van der Waals surface area contributed by atoms with Gasteiger partial charge < -0.3 is 5.73 Å². The van der Waals surface area contributed by atoms with Crippen LogP contribution in [0, 0.1) is 31.6 Å². The highest BCUT2D eigenvalue weighted by atomic mass is 14.6. The summed E-state index contributed by atoms with van der Waals surface area (Å²) in [6.07, 6.45) is 4.33. The molecule has 0 saturated heterocycles. The molecule has 1 aromatic rings. The Balaban J connectivity index is 2.20. The predicted octanol–water partition coefficient (Wildman–Crippen LogP) is 7.78. The Morgan fingerprint density at radius 2 is 1.77 bits per heavy atom. The summed E-state index contributed by atoms with van der Waals surface area (Å²) in [6, 6.07) is 2.39. The van der Waals surface area contributed by atoms with E-state index in [0.29, 0.717) is 23.5 Å². The van der Waals surface area contributed by atoms with Crippen LogP contribution in [0.1, 0.15) is 75.3 Å². The number of allylic oxidation sites excluding steroid dienone is 5. The second kappa shape index (κ2) is 8.69. The maximum atomic E-state index is 6.22. The average Bonchev–Trinajstić information content (AvgIpc) is 2.69. The molecule has 3 atom stereocenters. The summed E-state index contributed by atoms with van der Waals surface area (Å²) in [5.41, 5.74) is 21.7. The fraction of sp³-hybridized carbons (Fsp3) is 0.467. The molecular weight excluding hydrogens is 374 g/mol. The van der Waals surface area contributed by atoms with E-state index in [1.807, 2.05) is 0 Å². The normalized spacial score (nSPS) is 25.6. The second-order valence-electron chi connectivity index (χ2n) is 9.92. The summed E-state index contributed by atoms with van der Waals surface area (Å²) in [4.78, 5) is 0. The number of hydrogen-bond donors (Lipinski definition) is 1. The lowest BCUT2D eigenvalue weighted by Crippen LogP contribution is -2.28. The number of benzene rings is 1. The Morgan fingerprint density at radius 1 is 1.13 bits per heavy atom. The molecule has 1 nitrogen and oxygen atoms in total. The number of fused-ring (bicyclic) bond motifs is 1. The van der Waals surface area contributed by atoms with Crippen LogP contribution in [0.2, 0.25) is 0 Å². The Morgan fingerprint density at radius 3 is 2.32 bits per heavy atom. The Kier molecular flexibility index (Phi) is 6.56. The molecule has 0 saturated carbocycles. The molecule has 0 aliphatic heterocycles. The third-order valence-corrected chi connectivity index (χ3v) is 7.94. The van der Waals surface area contributed by atoms with Crippen molar-refractivity contribution in [3.05, 3.63) is 87.2 Å². The van der Waals surface area contributed by atoms with Crippen LogP contribution in [0.4, 0.5) is 0 Å². The van der Waals surface area contributed by atoms with E-state index in [1.165, 1.54) is 50.1 Å². The molecule has 0 heterocycles. The van der Waals surface area contributed by atoms with Gasteiger partial charge in [0.15, 0.2) is 0 Å². The highest BCUT2D eigenvalue weighted by Gasteiger charge is 2.36. The van der Waals surface area contributed by atoms with Crippen LogP contribution >= 0.6 is 0 Å². The monoisotopic (exact) mass is 415 g/mol. The number of rotatable bonds is 4. The van der Waals surface area contributed by atoms with E-state index in [9.17, 15) is 0 Å². The maximum Gasteiger partial charge on any atom is 0.0316 e. The highest BCUT2D eigenvalue weighted by molar-refractivity contribution is 5.85. The minimum atomic E-state index is 0.301. The van der Waals surface area contributed by atoms with Gasteiger partial charge in [-0.1, -0.05) is 64.1 Å². The van der Waals surface area contributed by atoms with Gasteiger partial charge in [0.05, 0.1) is 0 Å². The van der Waals surface area contributed by atoms with Crippen molar-refractivity contribution in [1.29, 1.82) is 0 Å². The fourth-order valence-corrected chi connectivity index (χ4v) is 6.52. The first-order valence-electron chi connectivity index (χ1n) is 11.9. The van der Waals surface area contributed by atoms with Crippen LogP contribution in [0.25, 0.3) is 5.57 Å². The lowest BCUT2D eigenvalue weighted by atomic mass is 9.65. The van der Waals surface area contributed by atoms with Crippen LogP contribution in [0.15, 0.2) is 59.4 Å². The van der Waals surface area contributed by atoms with Crippen molar-refractivity contribution in [3.63, 3.8) is 0 Å². The minimum Gasteiger partial charge on any atom is -0.399 e. The summed E-state index contributed by atoms with van der Waals surface area (Å²) in [6.45, 7) is 29.3. The molecule has 2 aliphatic carbocycles. The van der Waals surface area contributed by atoms with Crippen molar-refractivity contribution in [3.8, 4) is 0 Å². The van der Waals surface area contributed by atoms with Crippen LogP contribution in [-0.2, 0) is 12.8 Å². The fourth-order valence-electron chi connectivity index (χ4n) is 6.52. The first kappa shape index (κ1) is 23.4. The topological polar surface area (TPSA) is 26.0 Å². The molecule has 1 aromatic carbocycles. The average molecular weight is 416 g/mol. The Hall–Kier alpha value is -2.28. The summed E-state index contributed by atoms with van der Waals surface area (Å²) in [5.74, 6) is 1.30. The number of aryl methyl sites for hydroxylation is 2. The second-order valence-corrected chi connectivity index (χ2v) is 9.92. The summed E-state index contributed by atoms with van der Waals surface area (Å²) < 4.78 is 0. The van der Waals surface area contributed by atoms with Gasteiger partial charge in [0.1, 0.15) is 0 Å². The Labute approximate surface area is 190 Å². The molecule has 0 spiro atoms. The van der Waals surface area contributed by atoms with Crippen molar-refractivity contribution in [2.45, 2.75) is 74.1 Å².